The minimum Gasteiger partial charge on any atom is -0.357 e. The lowest BCUT2D eigenvalue weighted by Gasteiger charge is -2.32. The number of nitrogens with one attached hydrogen (secondary N) is 2. The summed E-state index contributed by atoms with van der Waals surface area (Å²) in [5, 5.41) is 7.60. The van der Waals surface area contributed by atoms with E-state index in [1.54, 1.807) is 6.20 Å². The number of nitrogens with zero attached hydrogens (tertiary/aromatic N) is 1. The number of rotatable bonds is 3. The average molecular weight is 275 g/mol. The fourth-order valence-corrected chi connectivity index (χ4v) is 3.56. The largest absolute Gasteiger partial charge is 0.357 e. The molecular formula is C15H21N3S. The lowest BCUT2D eigenvalue weighted by Crippen LogP contribution is -2.49. The summed E-state index contributed by atoms with van der Waals surface area (Å²) in [6.07, 6.45) is 9.70. The van der Waals surface area contributed by atoms with Crippen LogP contribution in [0.3, 0.4) is 0 Å². The molecule has 2 saturated carbocycles. The smallest absolute Gasteiger partial charge is 0.172 e. The summed E-state index contributed by atoms with van der Waals surface area (Å²) in [5.74, 6) is 1.70. The summed E-state index contributed by atoms with van der Waals surface area (Å²) < 4.78 is 0. The number of anilines is 1. The molecule has 0 amide bonds. The minimum atomic E-state index is 0.271. The standard InChI is InChI=1S/C15H21N3S/c1-11-5-4-10-16-13(11)17-14(19)18-15(12-6-7-12)8-2-3-9-15/h4-5,10,12H,2-3,6-9H2,1H3,(H2,16,17,18,19). The first-order valence-corrected chi connectivity index (χ1v) is 7.61. The molecule has 1 aromatic rings. The van der Waals surface area contributed by atoms with Gasteiger partial charge in [-0.3, -0.25) is 0 Å². The zero-order valence-corrected chi connectivity index (χ0v) is 12.2. The Hall–Kier alpha value is -1.16. The summed E-state index contributed by atoms with van der Waals surface area (Å²) in [7, 11) is 0. The van der Waals surface area contributed by atoms with Crippen molar-refractivity contribution in [3.63, 3.8) is 0 Å². The van der Waals surface area contributed by atoms with Gasteiger partial charge in [0.25, 0.3) is 0 Å². The molecule has 2 aliphatic rings. The van der Waals surface area contributed by atoms with Gasteiger partial charge in [0, 0.05) is 11.7 Å². The topological polar surface area (TPSA) is 37.0 Å². The van der Waals surface area contributed by atoms with Crippen LogP contribution < -0.4 is 10.6 Å². The van der Waals surface area contributed by atoms with Crippen molar-refractivity contribution in [2.45, 2.75) is 51.0 Å². The van der Waals surface area contributed by atoms with Crippen LogP contribution in [0.4, 0.5) is 5.82 Å². The van der Waals surface area contributed by atoms with Gasteiger partial charge in [0.1, 0.15) is 5.82 Å². The molecule has 1 aromatic heterocycles. The second kappa shape index (κ2) is 5.08. The Labute approximate surface area is 120 Å². The molecule has 19 heavy (non-hydrogen) atoms. The fourth-order valence-electron chi connectivity index (χ4n) is 3.26. The zero-order chi connectivity index (χ0) is 13.3. The molecule has 0 bridgehead atoms. The van der Waals surface area contributed by atoms with Gasteiger partial charge in [-0.1, -0.05) is 18.9 Å². The molecule has 3 nitrogen and oxygen atoms in total. The van der Waals surface area contributed by atoms with E-state index in [1.807, 2.05) is 19.1 Å². The monoisotopic (exact) mass is 275 g/mol. The maximum absolute atomic E-state index is 5.49. The van der Waals surface area contributed by atoms with Crippen molar-refractivity contribution >= 4 is 23.1 Å². The fraction of sp³-hybridized carbons (Fsp3) is 0.600. The maximum Gasteiger partial charge on any atom is 0.172 e. The third-order valence-electron chi connectivity index (χ3n) is 4.46. The van der Waals surface area contributed by atoms with Crippen molar-refractivity contribution in [2.75, 3.05) is 5.32 Å². The molecule has 0 spiro atoms. The Bertz CT molecular complexity index is 476. The van der Waals surface area contributed by atoms with Crippen molar-refractivity contribution in [1.82, 2.24) is 10.3 Å². The van der Waals surface area contributed by atoms with Crippen molar-refractivity contribution < 1.29 is 0 Å². The molecule has 102 valence electrons. The Morgan fingerprint density at radius 3 is 2.74 bits per heavy atom. The summed E-state index contributed by atoms with van der Waals surface area (Å²) >= 11 is 5.49. The van der Waals surface area contributed by atoms with Crippen molar-refractivity contribution in [1.29, 1.82) is 0 Å². The van der Waals surface area contributed by atoms with E-state index < -0.39 is 0 Å². The number of hydrogen-bond acceptors (Lipinski definition) is 2. The van der Waals surface area contributed by atoms with Gasteiger partial charge >= 0.3 is 0 Å². The normalized spacial score (nSPS) is 21.1. The van der Waals surface area contributed by atoms with Crippen molar-refractivity contribution in [3.05, 3.63) is 23.9 Å². The molecule has 2 aliphatic carbocycles. The maximum atomic E-state index is 5.49. The van der Waals surface area contributed by atoms with Crippen molar-refractivity contribution in [2.24, 2.45) is 5.92 Å². The molecule has 0 aromatic carbocycles. The van der Waals surface area contributed by atoms with E-state index in [-0.39, 0.29) is 5.54 Å². The Morgan fingerprint density at radius 2 is 2.11 bits per heavy atom. The van der Waals surface area contributed by atoms with E-state index >= 15 is 0 Å². The van der Waals surface area contributed by atoms with Crippen LogP contribution in [0.25, 0.3) is 0 Å². The number of aromatic nitrogens is 1. The van der Waals surface area contributed by atoms with Crippen LogP contribution in [-0.4, -0.2) is 15.6 Å². The summed E-state index contributed by atoms with van der Waals surface area (Å²) in [4.78, 5) is 4.34. The lowest BCUT2D eigenvalue weighted by molar-refractivity contribution is 0.340. The van der Waals surface area contributed by atoms with Gasteiger partial charge in [-0.05, 0) is 62.4 Å². The second-order valence-electron chi connectivity index (χ2n) is 5.89. The van der Waals surface area contributed by atoms with Crippen LogP contribution in [-0.2, 0) is 0 Å². The van der Waals surface area contributed by atoms with Gasteiger partial charge in [0.05, 0.1) is 0 Å². The number of aryl methyl sites for hydroxylation is 1. The molecule has 0 aliphatic heterocycles. The number of hydrogen-bond donors (Lipinski definition) is 2. The van der Waals surface area contributed by atoms with Crippen molar-refractivity contribution in [3.8, 4) is 0 Å². The first-order valence-electron chi connectivity index (χ1n) is 7.20. The third kappa shape index (κ3) is 2.73. The summed E-state index contributed by atoms with van der Waals surface area (Å²) in [6, 6.07) is 3.99. The molecule has 2 fully saturated rings. The Morgan fingerprint density at radius 1 is 1.37 bits per heavy atom. The van der Waals surface area contributed by atoms with Gasteiger partial charge in [-0.15, -0.1) is 0 Å². The van der Waals surface area contributed by atoms with E-state index in [1.165, 1.54) is 38.5 Å². The highest BCUT2D eigenvalue weighted by Gasteiger charge is 2.47. The van der Waals surface area contributed by atoms with Crippen LogP contribution in [0.1, 0.15) is 44.1 Å². The highest BCUT2D eigenvalue weighted by atomic mass is 32.1. The quantitative estimate of drug-likeness (QED) is 0.829. The Kier molecular flexibility index (Phi) is 3.44. The third-order valence-corrected chi connectivity index (χ3v) is 4.66. The Balaban J connectivity index is 1.66. The van der Waals surface area contributed by atoms with Gasteiger partial charge in [0.15, 0.2) is 5.11 Å². The predicted octanol–water partition coefficient (Wildman–Crippen LogP) is 3.40. The SMILES string of the molecule is Cc1cccnc1NC(=S)NC1(C2CC2)CCCC1. The van der Waals surface area contributed by atoms with Gasteiger partial charge in [-0.25, -0.2) is 4.98 Å². The van der Waals surface area contributed by atoms with Crippen LogP contribution >= 0.6 is 12.2 Å². The van der Waals surface area contributed by atoms with E-state index in [9.17, 15) is 0 Å². The molecule has 1 heterocycles. The lowest BCUT2D eigenvalue weighted by atomic mass is 9.91. The average Bonchev–Trinajstić information content (AvgIpc) is 3.15. The van der Waals surface area contributed by atoms with E-state index in [4.69, 9.17) is 12.2 Å². The van der Waals surface area contributed by atoms with Crippen LogP contribution in [0.2, 0.25) is 0 Å². The molecule has 0 radical (unpaired) electrons. The minimum absolute atomic E-state index is 0.271. The molecule has 0 unspecified atom stereocenters. The first kappa shape index (κ1) is 12.9. The summed E-state index contributed by atoms with van der Waals surface area (Å²) in [5.41, 5.74) is 1.39. The predicted molar refractivity (Wildman–Crippen MR) is 82.3 cm³/mol. The summed E-state index contributed by atoms with van der Waals surface area (Å²) in [6.45, 7) is 2.05. The van der Waals surface area contributed by atoms with Gasteiger partial charge in [0.2, 0.25) is 0 Å². The van der Waals surface area contributed by atoms with E-state index in [0.29, 0.717) is 0 Å². The molecule has 0 atom stereocenters. The van der Waals surface area contributed by atoms with E-state index in [0.717, 1.165) is 22.4 Å². The first-order chi connectivity index (χ1) is 9.20. The van der Waals surface area contributed by atoms with Crippen LogP contribution in [0.5, 0.6) is 0 Å². The molecule has 4 heteroatoms. The molecule has 0 saturated heterocycles. The molecule has 2 N–H and O–H groups in total. The molecular weight excluding hydrogens is 254 g/mol. The highest BCUT2D eigenvalue weighted by Crippen LogP contribution is 2.48. The van der Waals surface area contributed by atoms with Crippen LogP contribution in [0.15, 0.2) is 18.3 Å². The van der Waals surface area contributed by atoms with Gasteiger partial charge in [-0.2, -0.15) is 0 Å². The highest BCUT2D eigenvalue weighted by molar-refractivity contribution is 7.80. The number of pyridine rings is 1. The molecule has 3 rings (SSSR count). The second-order valence-corrected chi connectivity index (χ2v) is 6.29. The van der Waals surface area contributed by atoms with E-state index in [2.05, 4.69) is 15.6 Å². The zero-order valence-electron chi connectivity index (χ0n) is 11.4. The number of thiocarbonyl (C=S) groups is 1. The van der Waals surface area contributed by atoms with Crippen LogP contribution in [0, 0.1) is 12.8 Å². The van der Waals surface area contributed by atoms with Gasteiger partial charge < -0.3 is 10.6 Å².